The van der Waals surface area contributed by atoms with Crippen LogP contribution in [0.1, 0.15) is 0 Å². The van der Waals surface area contributed by atoms with Gasteiger partial charge in [-0.25, -0.2) is 4.39 Å². The number of nitrogens with zero attached hydrogens (tertiary/aromatic N) is 1. The zero-order valence-corrected chi connectivity index (χ0v) is 11.4. The number of nitro benzene ring substituents is 1. The maximum atomic E-state index is 13.1. The molecule has 0 fully saturated rings. The lowest BCUT2D eigenvalue weighted by molar-refractivity contribution is -0.384. The fourth-order valence-electron chi connectivity index (χ4n) is 1.61. The van der Waals surface area contributed by atoms with Gasteiger partial charge < -0.3 is 0 Å². The molecule has 0 amide bonds. The first-order valence-electron chi connectivity index (χ1n) is 4.99. The van der Waals surface area contributed by atoms with Crippen LogP contribution in [-0.4, -0.2) is 4.92 Å². The van der Waals surface area contributed by atoms with Gasteiger partial charge in [-0.2, -0.15) is 0 Å². The fourth-order valence-corrected chi connectivity index (χ4v) is 2.21. The van der Waals surface area contributed by atoms with E-state index in [9.17, 15) is 14.5 Å². The molecule has 0 saturated carbocycles. The Morgan fingerprint density at radius 3 is 2.16 bits per heavy atom. The lowest BCUT2D eigenvalue weighted by Gasteiger charge is -2.06. The number of hydrogen-bond donors (Lipinski definition) is 0. The topological polar surface area (TPSA) is 43.1 Å². The van der Waals surface area contributed by atoms with Crippen LogP contribution in [0.3, 0.4) is 0 Å². The summed E-state index contributed by atoms with van der Waals surface area (Å²) in [4.78, 5) is 10.3. The van der Waals surface area contributed by atoms with Crippen molar-refractivity contribution in [3.8, 4) is 11.1 Å². The first-order valence-corrected chi connectivity index (χ1v) is 6.12. The van der Waals surface area contributed by atoms with E-state index in [4.69, 9.17) is 34.8 Å². The van der Waals surface area contributed by atoms with Crippen LogP contribution in [0.15, 0.2) is 30.3 Å². The smallest absolute Gasteiger partial charge is 0.258 e. The van der Waals surface area contributed by atoms with Gasteiger partial charge in [0.05, 0.1) is 31.6 Å². The van der Waals surface area contributed by atoms with Crippen molar-refractivity contribution in [2.45, 2.75) is 0 Å². The first kappa shape index (κ1) is 14.1. The normalized spacial score (nSPS) is 10.5. The van der Waals surface area contributed by atoms with E-state index in [-0.39, 0.29) is 26.3 Å². The third-order valence-corrected chi connectivity index (χ3v) is 3.65. The molecule has 7 heteroatoms. The van der Waals surface area contributed by atoms with Gasteiger partial charge in [-0.15, -0.1) is 0 Å². The Kier molecular flexibility index (Phi) is 3.94. The van der Waals surface area contributed by atoms with Crippen molar-refractivity contribution in [1.29, 1.82) is 0 Å². The largest absolute Gasteiger partial charge is 0.280 e. The molecule has 0 aliphatic rings. The molecule has 0 heterocycles. The summed E-state index contributed by atoms with van der Waals surface area (Å²) in [6, 6.07) is 6.14. The second kappa shape index (κ2) is 5.33. The van der Waals surface area contributed by atoms with E-state index >= 15 is 0 Å². The number of rotatable bonds is 2. The van der Waals surface area contributed by atoms with Gasteiger partial charge in [0.1, 0.15) is 5.82 Å². The minimum Gasteiger partial charge on any atom is -0.258 e. The predicted octanol–water partition coefficient (Wildman–Crippen LogP) is 5.36. The van der Waals surface area contributed by atoms with Crippen LogP contribution in [0.2, 0.25) is 15.1 Å². The molecular weight excluding hydrogens is 315 g/mol. The molecule has 2 aromatic carbocycles. The third kappa shape index (κ3) is 2.81. The second-order valence-electron chi connectivity index (χ2n) is 3.67. The molecule has 3 nitrogen and oxygen atoms in total. The second-order valence-corrected chi connectivity index (χ2v) is 4.86. The third-order valence-electron chi connectivity index (χ3n) is 2.45. The lowest BCUT2D eigenvalue weighted by Crippen LogP contribution is -1.93. The Morgan fingerprint density at radius 1 is 1.05 bits per heavy atom. The van der Waals surface area contributed by atoms with Gasteiger partial charge in [0.2, 0.25) is 0 Å². The molecule has 0 unspecified atom stereocenters. The van der Waals surface area contributed by atoms with Crippen LogP contribution >= 0.6 is 34.8 Å². The monoisotopic (exact) mass is 319 g/mol. The molecule has 0 bridgehead atoms. The molecule has 0 radical (unpaired) electrons. The Labute approximate surface area is 122 Å². The van der Waals surface area contributed by atoms with Gasteiger partial charge in [-0.05, 0) is 29.8 Å². The van der Waals surface area contributed by atoms with Gasteiger partial charge >= 0.3 is 0 Å². The molecule has 2 rings (SSSR count). The standard InChI is InChI=1S/C12H5Cl3FNO2/c13-9-3-6(4-10(14)12(9)15)8-2-1-7(16)5-11(8)17(18)19/h1-5H. The fraction of sp³-hybridized carbons (Fsp3) is 0. The van der Waals surface area contributed by atoms with Crippen LogP contribution < -0.4 is 0 Å². The molecule has 0 spiro atoms. The molecule has 0 aliphatic heterocycles. The quantitative estimate of drug-likeness (QED) is 0.424. The Hall–Kier alpha value is -1.36. The predicted molar refractivity (Wildman–Crippen MR) is 73.5 cm³/mol. The molecule has 0 aliphatic carbocycles. The van der Waals surface area contributed by atoms with Gasteiger partial charge in [0.25, 0.3) is 5.69 Å². The van der Waals surface area contributed by atoms with Crippen molar-refractivity contribution in [2.75, 3.05) is 0 Å². The SMILES string of the molecule is O=[N+]([O-])c1cc(F)ccc1-c1cc(Cl)c(Cl)c(Cl)c1. The number of halogens is 4. The zero-order chi connectivity index (χ0) is 14.2. The summed E-state index contributed by atoms with van der Waals surface area (Å²) in [6.45, 7) is 0. The minimum absolute atomic E-state index is 0.164. The average molecular weight is 321 g/mol. The van der Waals surface area contributed by atoms with E-state index in [1.54, 1.807) is 0 Å². The molecule has 0 saturated heterocycles. The summed E-state index contributed by atoms with van der Waals surface area (Å²) in [6.07, 6.45) is 0. The Bertz CT molecular complexity index is 653. The maximum Gasteiger partial charge on any atom is 0.280 e. The van der Waals surface area contributed by atoms with Gasteiger partial charge in [0, 0.05) is 0 Å². The summed E-state index contributed by atoms with van der Waals surface area (Å²) in [5, 5.41) is 11.4. The first-order chi connectivity index (χ1) is 8.90. The van der Waals surface area contributed by atoms with E-state index < -0.39 is 10.7 Å². The van der Waals surface area contributed by atoms with Crippen LogP contribution in [0, 0.1) is 15.9 Å². The van der Waals surface area contributed by atoms with E-state index in [1.165, 1.54) is 18.2 Å². The van der Waals surface area contributed by atoms with E-state index in [0.29, 0.717) is 5.56 Å². The van der Waals surface area contributed by atoms with Gasteiger partial charge in [-0.3, -0.25) is 10.1 Å². The van der Waals surface area contributed by atoms with E-state index in [0.717, 1.165) is 12.1 Å². The number of benzene rings is 2. The van der Waals surface area contributed by atoms with Crippen LogP contribution in [0.5, 0.6) is 0 Å². The molecule has 19 heavy (non-hydrogen) atoms. The summed E-state index contributed by atoms with van der Waals surface area (Å²) < 4.78 is 13.1. The Balaban J connectivity index is 2.68. The van der Waals surface area contributed by atoms with E-state index in [2.05, 4.69) is 0 Å². The van der Waals surface area contributed by atoms with Crippen LogP contribution in [0.25, 0.3) is 11.1 Å². The molecule has 0 N–H and O–H groups in total. The highest BCUT2D eigenvalue weighted by Crippen LogP contribution is 2.38. The summed E-state index contributed by atoms with van der Waals surface area (Å²) in [7, 11) is 0. The van der Waals surface area contributed by atoms with Gasteiger partial charge in [0.15, 0.2) is 0 Å². The van der Waals surface area contributed by atoms with Crippen molar-refractivity contribution >= 4 is 40.5 Å². The summed E-state index contributed by atoms with van der Waals surface area (Å²) in [5.74, 6) is -0.693. The summed E-state index contributed by atoms with van der Waals surface area (Å²) >= 11 is 17.6. The molecule has 0 atom stereocenters. The highest BCUT2D eigenvalue weighted by Gasteiger charge is 2.18. The highest BCUT2D eigenvalue weighted by atomic mass is 35.5. The van der Waals surface area contributed by atoms with Crippen LogP contribution in [-0.2, 0) is 0 Å². The molecule has 0 aromatic heterocycles. The van der Waals surface area contributed by atoms with Crippen molar-refractivity contribution in [2.24, 2.45) is 0 Å². The van der Waals surface area contributed by atoms with Crippen molar-refractivity contribution in [3.05, 3.63) is 61.3 Å². The van der Waals surface area contributed by atoms with Crippen molar-refractivity contribution in [3.63, 3.8) is 0 Å². The summed E-state index contributed by atoms with van der Waals surface area (Å²) in [5.41, 5.74) is 0.243. The maximum absolute atomic E-state index is 13.1. The van der Waals surface area contributed by atoms with Crippen LogP contribution in [0.4, 0.5) is 10.1 Å². The lowest BCUT2D eigenvalue weighted by atomic mass is 10.0. The van der Waals surface area contributed by atoms with Gasteiger partial charge in [-0.1, -0.05) is 34.8 Å². The molecular formula is C12H5Cl3FNO2. The Morgan fingerprint density at radius 2 is 1.63 bits per heavy atom. The number of hydrogen-bond acceptors (Lipinski definition) is 2. The highest BCUT2D eigenvalue weighted by molar-refractivity contribution is 6.48. The minimum atomic E-state index is -0.693. The average Bonchev–Trinajstić information content (AvgIpc) is 2.35. The van der Waals surface area contributed by atoms with Crippen molar-refractivity contribution in [1.82, 2.24) is 0 Å². The number of nitro groups is 1. The molecule has 2 aromatic rings. The van der Waals surface area contributed by atoms with Crippen molar-refractivity contribution < 1.29 is 9.31 Å². The molecule has 98 valence electrons. The zero-order valence-electron chi connectivity index (χ0n) is 9.16. The van der Waals surface area contributed by atoms with E-state index in [1.807, 2.05) is 0 Å².